The number of likely N-dealkylation sites (tertiary alicyclic amines) is 1. The van der Waals surface area contributed by atoms with Crippen LogP contribution in [-0.2, 0) is 21.5 Å². The lowest BCUT2D eigenvalue weighted by Gasteiger charge is -2.50. The van der Waals surface area contributed by atoms with Crippen molar-refractivity contribution in [1.82, 2.24) is 24.8 Å². The Hall–Kier alpha value is -2.74. The molecule has 1 fully saturated rings. The molecule has 4 heterocycles. The number of methoxy groups -OCH3 is 1. The maximum atomic E-state index is 12.7. The van der Waals surface area contributed by atoms with E-state index in [2.05, 4.69) is 15.0 Å². The van der Waals surface area contributed by atoms with E-state index >= 15 is 0 Å². The molecule has 1 spiro atoms. The predicted octanol–water partition coefficient (Wildman–Crippen LogP) is 0.967. The number of hydrogen-bond acceptors (Lipinski definition) is 5. The van der Waals surface area contributed by atoms with Crippen molar-refractivity contribution >= 4 is 11.8 Å². The fourth-order valence-electron chi connectivity index (χ4n) is 4.28. The van der Waals surface area contributed by atoms with Crippen molar-refractivity contribution in [3.63, 3.8) is 0 Å². The molecule has 2 aliphatic rings. The van der Waals surface area contributed by atoms with E-state index in [0.29, 0.717) is 38.2 Å². The predicted molar refractivity (Wildman–Crippen MR) is 96.9 cm³/mol. The molecule has 27 heavy (non-hydrogen) atoms. The summed E-state index contributed by atoms with van der Waals surface area (Å²) in [5.74, 6) is -0.103. The topological polar surface area (TPSA) is 91.4 Å². The smallest absolute Gasteiger partial charge is 0.272 e. The van der Waals surface area contributed by atoms with Gasteiger partial charge in [-0.05, 0) is 25.0 Å². The highest BCUT2D eigenvalue weighted by Gasteiger charge is 2.49. The normalized spacial score (nSPS) is 18.4. The quantitative estimate of drug-likeness (QED) is 0.870. The lowest BCUT2D eigenvalue weighted by atomic mass is 9.78. The Bertz CT molecular complexity index is 827. The Labute approximate surface area is 157 Å². The second-order valence-corrected chi connectivity index (χ2v) is 7.00. The number of hydrogen-bond donors (Lipinski definition) is 1. The first kappa shape index (κ1) is 17.7. The van der Waals surface area contributed by atoms with Crippen molar-refractivity contribution in [2.75, 3.05) is 33.4 Å². The van der Waals surface area contributed by atoms with Crippen LogP contribution in [0.25, 0.3) is 0 Å². The summed E-state index contributed by atoms with van der Waals surface area (Å²) in [5, 5.41) is 0. The minimum absolute atomic E-state index is 0.0318. The molecule has 1 N–H and O–H groups in total. The van der Waals surface area contributed by atoms with Gasteiger partial charge in [0.15, 0.2) is 0 Å². The van der Waals surface area contributed by atoms with Crippen LogP contribution in [0.4, 0.5) is 0 Å². The zero-order valence-electron chi connectivity index (χ0n) is 15.4. The zero-order chi connectivity index (χ0) is 18.9. The highest BCUT2D eigenvalue weighted by molar-refractivity contribution is 5.92. The van der Waals surface area contributed by atoms with Gasteiger partial charge in [0, 0.05) is 45.1 Å². The lowest BCUT2D eigenvalue weighted by Crippen LogP contribution is -2.59. The Morgan fingerprint density at radius 1 is 1.22 bits per heavy atom. The van der Waals surface area contributed by atoms with Gasteiger partial charge < -0.3 is 19.5 Å². The molecule has 0 atom stereocenters. The first-order valence-electron chi connectivity index (χ1n) is 9.18. The molecule has 142 valence electrons. The van der Waals surface area contributed by atoms with Gasteiger partial charge in [0.05, 0.1) is 17.6 Å². The summed E-state index contributed by atoms with van der Waals surface area (Å²) in [6.45, 7) is 1.79. The molecule has 2 aromatic heterocycles. The number of fused-ring (bicyclic) bond motifs is 2. The summed E-state index contributed by atoms with van der Waals surface area (Å²) in [5.41, 5.74) is 1.98. The maximum absolute atomic E-state index is 12.7. The molecule has 8 nitrogen and oxygen atoms in total. The van der Waals surface area contributed by atoms with Gasteiger partial charge >= 0.3 is 0 Å². The molecule has 2 aromatic rings. The molecule has 0 aliphatic carbocycles. The van der Waals surface area contributed by atoms with E-state index in [0.717, 1.165) is 17.8 Å². The number of carbonyl (C=O) groups is 2. The molecule has 4 rings (SSSR count). The molecule has 0 bridgehead atoms. The van der Waals surface area contributed by atoms with Crippen LogP contribution in [0.15, 0.2) is 30.7 Å². The number of nitrogens with one attached hydrogen (secondary N) is 1. The Balaban J connectivity index is 1.58. The summed E-state index contributed by atoms with van der Waals surface area (Å²) >= 11 is 0. The number of amides is 2. The monoisotopic (exact) mass is 369 g/mol. The van der Waals surface area contributed by atoms with Crippen LogP contribution in [0.2, 0.25) is 0 Å². The van der Waals surface area contributed by atoms with E-state index in [1.54, 1.807) is 24.7 Å². The van der Waals surface area contributed by atoms with Crippen molar-refractivity contribution in [2.24, 2.45) is 0 Å². The number of ether oxygens (including phenoxy) is 1. The number of rotatable bonds is 3. The number of nitrogens with zero attached hydrogens (tertiary/aromatic N) is 4. The number of aromatic amines is 1. The third-order valence-corrected chi connectivity index (χ3v) is 5.59. The van der Waals surface area contributed by atoms with Gasteiger partial charge in [0.1, 0.15) is 12.3 Å². The van der Waals surface area contributed by atoms with Crippen LogP contribution in [0.3, 0.4) is 0 Å². The van der Waals surface area contributed by atoms with Crippen LogP contribution in [-0.4, -0.2) is 69.9 Å². The van der Waals surface area contributed by atoms with Crippen LogP contribution in [0.5, 0.6) is 0 Å². The number of carbonyl (C=O) groups excluding carboxylic acids is 2. The lowest BCUT2D eigenvalue weighted by molar-refractivity contribution is -0.145. The Morgan fingerprint density at radius 3 is 2.74 bits per heavy atom. The number of H-pyrrole nitrogens is 1. The number of aromatic nitrogens is 3. The van der Waals surface area contributed by atoms with Crippen molar-refractivity contribution in [1.29, 1.82) is 0 Å². The molecule has 1 saturated heterocycles. The van der Waals surface area contributed by atoms with E-state index in [9.17, 15) is 9.59 Å². The van der Waals surface area contributed by atoms with Crippen LogP contribution >= 0.6 is 0 Å². The van der Waals surface area contributed by atoms with E-state index < -0.39 is 5.54 Å². The van der Waals surface area contributed by atoms with Crippen molar-refractivity contribution in [3.05, 3.63) is 47.8 Å². The average Bonchev–Trinajstić information content (AvgIpc) is 3.19. The summed E-state index contributed by atoms with van der Waals surface area (Å²) in [7, 11) is 1.53. The summed E-state index contributed by atoms with van der Waals surface area (Å²) in [6.07, 6.45) is 5.38. The minimum atomic E-state index is -0.482. The van der Waals surface area contributed by atoms with Gasteiger partial charge in [-0.2, -0.15) is 0 Å². The minimum Gasteiger partial charge on any atom is -0.375 e. The van der Waals surface area contributed by atoms with Crippen molar-refractivity contribution < 1.29 is 14.3 Å². The Kier molecular flexibility index (Phi) is 4.65. The fraction of sp³-hybridized carbons (Fsp3) is 0.474. The van der Waals surface area contributed by atoms with E-state index in [1.165, 1.54) is 7.11 Å². The highest BCUT2D eigenvalue weighted by Crippen LogP contribution is 2.42. The van der Waals surface area contributed by atoms with Gasteiger partial charge in [-0.1, -0.05) is 6.07 Å². The van der Waals surface area contributed by atoms with Gasteiger partial charge in [0.2, 0.25) is 5.91 Å². The molecular formula is C19H23N5O3. The molecule has 8 heteroatoms. The van der Waals surface area contributed by atoms with Gasteiger partial charge in [-0.3, -0.25) is 14.6 Å². The molecule has 0 aromatic carbocycles. The second kappa shape index (κ2) is 7.11. The van der Waals surface area contributed by atoms with Gasteiger partial charge in [0.25, 0.3) is 5.91 Å². The summed E-state index contributed by atoms with van der Waals surface area (Å²) in [4.78, 5) is 41.1. The largest absolute Gasteiger partial charge is 0.375 e. The van der Waals surface area contributed by atoms with Crippen LogP contribution < -0.4 is 0 Å². The molecular weight excluding hydrogens is 346 g/mol. The third kappa shape index (κ3) is 2.99. The summed E-state index contributed by atoms with van der Waals surface area (Å²) < 4.78 is 5.09. The van der Waals surface area contributed by atoms with E-state index in [4.69, 9.17) is 4.74 Å². The number of piperidine rings is 1. The first-order valence-corrected chi connectivity index (χ1v) is 9.18. The SMILES string of the molecule is COCC(=O)N1CCc2[nH]cnc2C12CCN(C(=O)c1ccccn1)CC2. The molecule has 0 radical (unpaired) electrons. The van der Waals surface area contributed by atoms with Crippen molar-refractivity contribution in [3.8, 4) is 0 Å². The maximum Gasteiger partial charge on any atom is 0.272 e. The molecule has 0 saturated carbocycles. The van der Waals surface area contributed by atoms with Crippen molar-refractivity contribution in [2.45, 2.75) is 24.8 Å². The molecule has 2 amide bonds. The van der Waals surface area contributed by atoms with E-state index in [-0.39, 0.29) is 18.4 Å². The van der Waals surface area contributed by atoms with Gasteiger partial charge in [-0.25, -0.2) is 4.98 Å². The highest BCUT2D eigenvalue weighted by atomic mass is 16.5. The van der Waals surface area contributed by atoms with Crippen LogP contribution in [0, 0.1) is 0 Å². The third-order valence-electron chi connectivity index (χ3n) is 5.59. The number of pyridine rings is 1. The second-order valence-electron chi connectivity index (χ2n) is 7.00. The fourth-order valence-corrected chi connectivity index (χ4v) is 4.28. The summed E-state index contributed by atoms with van der Waals surface area (Å²) in [6, 6.07) is 5.34. The van der Waals surface area contributed by atoms with E-state index in [1.807, 2.05) is 15.9 Å². The molecule has 0 unspecified atom stereocenters. The first-order chi connectivity index (χ1) is 13.2. The van der Waals surface area contributed by atoms with Crippen LogP contribution in [0.1, 0.15) is 34.7 Å². The number of imidazole rings is 1. The zero-order valence-corrected chi connectivity index (χ0v) is 15.4. The molecule has 2 aliphatic heterocycles. The Morgan fingerprint density at radius 2 is 2.04 bits per heavy atom. The standard InChI is InChI=1S/C19H23N5O3/c1-27-12-16(25)24-9-5-14-17(22-13-21-14)19(24)6-10-23(11-7-19)18(26)15-4-2-3-8-20-15/h2-4,8,13H,5-7,9-12H2,1H3,(H,21,22). The van der Waals surface area contributed by atoms with Gasteiger partial charge in [-0.15, -0.1) is 0 Å². The average molecular weight is 369 g/mol.